The zero-order valence-corrected chi connectivity index (χ0v) is 9.73. The fourth-order valence-electron chi connectivity index (χ4n) is 0.844. The number of carbonyl (C=O) groups is 2. The number of hydrogen-bond donors (Lipinski definition) is 3. The quantitative estimate of drug-likeness (QED) is 0.416. The zero-order valence-electron chi connectivity index (χ0n) is 8.92. The summed E-state index contributed by atoms with van der Waals surface area (Å²) >= 11 is 4.80. The van der Waals surface area contributed by atoms with Crippen LogP contribution >= 0.6 is 12.2 Å². The molecule has 0 aliphatic heterocycles. The second-order valence-electron chi connectivity index (χ2n) is 2.76. The maximum Gasteiger partial charge on any atom is 0.324 e. The Bertz CT molecular complexity index is 258. The van der Waals surface area contributed by atoms with Gasteiger partial charge in [0.05, 0.1) is 7.11 Å². The standard InChI is InChI=1S/C8H15N3O3S/c1-5(12)11-8(15)10-4-6(9-2)7(13)14-3/h6,9H,4H2,1-3H3,(H2,10,11,12,15). The molecule has 0 bridgehead atoms. The minimum Gasteiger partial charge on any atom is -0.468 e. The van der Waals surface area contributed by atoms with Crippen molar-refractivity contribution in [2.45, 2.75) is 13.0 Å². The van der Waals surface area contributed by atoms with Gasteiger partial charge in [0.15, 0.2) is 5.11 Å². The summed E-state index contributed by atoms with van der Waals surface area (Å²) in [4.78, 5) is 21.7. The molecule has 0 radical (unpaired) electrons. The number of ether oxygens (including phenoxy) is 1. The van der Waals surface area contributed by atoms with Crippen LogP contribution in [-0.4, -0.2) is 43.7 Å². The topological polar surface area (TPSA) is 79.5 Å². The van der Waals surface area contributed by atoms with Crippen molar-refractivity contribution in [2.24, 2.45) is 0 Å². The molecule has 6 nitrogen and oxygen atoms in total. The third-order valence-corrected chi connectivity index (χ3v) is 1.84. The Morgan fingerprint density at radius 3 is 2.47 bits per heavy atom. The highest BCUT2D eigenvalue weighted by molar-refractivity contribution is 7.80. The Morgan fingerprint density at radius 1 is 1.47 bits per heavy atom. The van der Waals surface area contributed by atoms with Gasteiger partial charge in [-0.25, -0.2) is 0 Å². The van der Waals surface area contributed by atoms with Crippen molar-refractivity contribution in [3.05, 3.63) is 0 Å². The molecule has 0 fully saturated rings. The maximum atomic E-state index is 11.1. The van der Waals surface area contributed by atoms with Crippen molar-refractivity contribution in [3.8, 4) is 0 Å². The lowest BCUT2D eigenvalue weighted by atomic mass is 10.3. The second kappa shape index (κ2) is 7.13. The molecule has 15 heavy (non-hydrogen) atoms. The van der Waals surface area contributed by atoms with Crippen LogP contribution in [-0.2, 0) is 14.3 Å². The first kappa shape index (κ1) is 13.8. The molecule has 0 aromatic rings. The minimum atomic E-state index is -0.498. The van der Waals surface area contributed by atoms with E-state index < -0.39 is 12.0 Å². The molecule has 86 valence electrons. The van der Waals surface area contributed by atoms with Gasteiger partial charge in [-0.2, -0.15) is 0 Å². The average Bonchev–Trinajstić information content (AvgIpc) is 2.17. The Kier molecular flexibility index (Phi) is 6.56. The number of carbonyl (C=O) groups excluding carboxylic acids is 2. The lowest BCUT2D eigenvalue weighted by Gasteiger charge is -2.15. The van der Waals surface area contributed by atoms with E-state index in [1.165, 1.54) is 14.0 Å². The van der Waals surface area contributed by atoms with Crippen molar-refractivity contribution in [3.63, 3.8) is 0 Å². The minimum absolute atomic E-state index is 0.187. The molecule has 0 aliphatic carbocycles. The molecule has 0 saturated heterocycles. The van der Waals surface area contributed by atoms with Gasteiger partial charge in [0.25, 0.3) is 0 Å². The summed E-state index contributed by atoms with van der Waals surface area (Å²) < 4.78 is 4.54. The first-order valence-electron chi connectivity index (χ1n) is 4.31. The lowest BCUT2D eigenvalue weighted by Crippen LogP contribution is -2.48. The van der Waals surface area contributed by atoms with Crippen LogP contribution in [0, 0.1) is 0 Å². The summed E-state index contributed by atoms with van der Waals surface area (Å²) in [5.41, 5.74) is 0. The molecule has 0 spiro atoms. The monoisotopic (exact) mass is 233 g/mol. The van der Waals surface area contributed by atoms with Gasteiger partial charge in [-0.3, -0.25) is 9.59 Å². The van der Waals surface area contributed by atoms with Gasteiger partial charge < -0.3 is 20.7 Å². The molecule has 1 unspecified atom stereocenters. The number of rotatable bonds is 4. The van der Waals surface area contributed by atoms with Crippen molar-refractivity contribution in [1.29, 1.82) is 0 Å². The van der Waals surface area contributed by atoms with Gasteiger partial charge >= 0.3 is 5.97 Å². The summed E-state index contributed by atoms with van der Waals surface area (Å²) in [6, 6.07) is -0.498. The van der Waals surface area contributed by atoms with Gasteiger partial charge in [0, 0.05) is 13.5 Å². The summed E-state index contributed by atoms with van der Waals surface area (Å²) in [5, 5.41) is 8.04. The van der Waals surface area contributed by atoms with E-state index in [0.29, 0.717) is 0 Å². The van der Waals surface area contributed by atoms with Crippen LogP contribution in [0.4, 0.5) is 0 Å². The van der Waals surface area contributed by atoms with E-state index in [1.54, 1.807) is 7.05 Å². The fraction of sp³-hybridized carbons (Fsp3) is 0.625. The van der Waals surface area contributed by atoms with Crippen LogP contribution in [0.1, 0.15) is 6.92 Å². The van der Waals surface area contributed by atoms with Crippen molar-refractivity contribution in [2.75, 3.05) is 20.7 Å². The molecule has 7 heteroatoms. The summed E-state index contributed by atoms with van der Waals surface area (Å²) in [6.07, 6.45) is 0. The van der Waals surface area contributed by atoms with E-state index in [0.717, 1.165) is 0 Å². The first-order chi connectivity index (χ1) is 7.01. The highest BCUT2D eigenvalue weighted by atomic mass is 32.1. The third-order valence-electron chi connectivity index (χ3n) is 1.59. The van der Waals surface area contributed by atoms with Crippen LogP contribution in [0.2, 0.25) is 0 Å². The van der Waals surface area contributed by atoms with E-state index in [-0.39, 0.29) is 17.6 Å². The molecule has 0 saturated carbocycles. The Morgan fingerprint density at radius 2 is 2.07 bits per heavy atom. The number of thiocarbonyl (C=S) groups is 1. The molecule has 0 rings (SSSR count). The van der Waals surface area contributed by atoms with Crippen LogP contribution in [0.3, 0.4) is 0 Å². The highest BCUT2D eigenvalue weighted by Crippen LogP contribution is 1.85. The van der Waals surface area contributed by atoms with E-state index in [4.69, 9.17) is 12.2 Å². The Labute approximate surface area is 93.7 Å². The van der Waals surface area contributed by atoms with Gasteiger partial charge in [-0.1, -0.05) is 0 Å². The first-order valence-corrected chi connectivity index (χ1v) is 4.72. The summed E-state index contributed by atoms with van der Waals surface area (Å²) in [5.74, 6) is -0.651. The average molecular weight is 233 g/mol. The third kappa shape index (κ3) is 5.97. The highest BCUT2D eigenvalue weighted by Gasteiger charge is 2.16. The van der Waals surface area contributed by atoms with Crippen molar-refractivity contribution < 1.29 is 14.3 Å². The number of nitrogens with one attached hydrogen (secondary N) is 3. The smallest absolute Gasteiger partial charge is 0.324 e. The number of methoxy groups -OCH3 is 1. The Hall–Kier alpha value is -1.21. The van der Waals surface area contributed by atoms with Crippen LogP contribution in [0.25, 0.3) is 0 Å². The zero-order chi connectivity index (χ0) is 11.8. The molecule has 0 aromatic carbocycles. The summed E-state index contributed by atoms with van der Waals surface area (Å²) in [7, 11) is 2.93. The number of hydrogen-bond acceptors (Lipinski definition) is 5. The van der Waals surface area contributed by atoms with Gasteiger partial charge in [-0.05, 0) is 19.3 Å². The molecule has 1 amide bonds. The number of esters is 1. The largest absolute Gasteiger partial charge is 0.468 e. The SMILES string of the molecule is CNC(CNC(=S)NC(C)=O)C(=O)OC. The molecule has 3 N–H and O–H groups in total. The molecule has 1 atom stereocenters. The molecular formula is C8H15N3O3S. The predicted octanol–water partition coefficient (Wildman–Crippen LogP) is -1.24. The predicted molar refractivity (Wildman–Crippen MR) is 59.3 cm³/mol. The van der Waals surface area contributed by atoms with Gasteiger partial charge in [0.2, 0.25) is 5.91 Å². The second-order valence-corrected chi connectivity index (χ2v) is 3.16. The summed E-state index contributed by atoms with van der Waals surface area (Å²) in [6.45, 7) is 1.60. The normalized spacial score (nSPS) is 11.4. The molecular weight excluding hydrogens is 218 g/mol. The molecule has 0 aromatic heterocycles. The number of amides is 1. The lowest BCUT2D eigenvalue weighted by molar-refractivity contribution is -0.142. The number of likely N-dealkylation sites (N-methyl/N-ethyl adjacent to an activating group) is 1. The van der Waals surface area contributed by atoms with E-state index in [2.05, 4.69) is 20.7 Å². The van der Waals surface area contributed by atoms with Crippen LogP contribution in [0.15, 0.2) is 0 Å². The van der Waals surface area contributed by atoms with E-state index in [9.17, 15) is 9.59 Å². The maximum absolute atomic E-state index is 11.1. The fourth-order valence-corrected chi connectivity index (χ4v) is 1.07. The van der Waals surface area contributed by atoms with Crippen molar-refractivity contribution in [1.82, 2.24) is 16.0 Å². The van der Waals surface area contributed by atoms with Crippen molar-refractivity contribution >= 4 is 29.2 Å². The van der Waals surface area contributed by atoms with Gasteiger partial charge in [-0.15, -0.1) is 0 Å². The van der Waals surface area contributed by atoms with E-state index >= 15 is 0 Å². The van der Waals surface area contributed by atoms with Gasteiger partial charge in [0.1, 0.15) is 6.04 Å². The molecule has 0 heterocycles. The van der Waals surface area contributed by atoms with Crippen LogP contribution in [0.5, 0.6) is 0 Å². The van der Waals surface area contributed by atoms with Crippen LogP contribution < -0.4 is 16.0 Å². The van der Waals surface area contributed by atoms with E-state index in [1.807, 2.05) is 0 Å². The Balaban J connectivity index is 3.95. The molecule has 0 aliphatic rings.